The molecule has 0 aliphatic carbocycles. The number of fused-ring (bicyclic) bond motifs is 1. The van der Waals surface area contributed by atoms with E-state index in [1.54, 1.807) is 31.2 Å². The van der Waals surface area contributed by atoms with Crippen LogP contribution in [0.3, 0.4) is 0 Å². The standard InChI is InChI=1S/C18H22N2O6/c1-3-26-15(22)8-9-19(10-11-21)16(23)12(2)20-17(24)13-6-4-5-7-14(13)18(20)25/h4-7,12,21H,3,8-11H2,1-2H3. The third-order valence-electron chi connectivity index (χ3n) is 4.14. The van der Waals surface area contributed by atoms with Gasteiger partial charge in [-0.25, -0.2) is 0 Å². The van der Waals surface area contributed by atoms with Gasteiger partial charge in [-0.3, -0.25) is 24.1 Å². The first-order valence-corrected chi connectivity index (χ1v) is 8.44. The lowest BCUT2D eigenvalue weighted by Crippen LogP contribution is -2.50. The summed E-state index contributed by atoms with van der Waals surface area (Å²) in [6.07, 6.45) is -0.0333. The molecule has 8 heteroatoms. The third-order valence-corrected chi connectivity index (χ3v) is 4.14. The van der Waals surface area contributed by atoms with E-state index >= 15 is 0 Å². The summed E-state index contributed by atoms with van der Waals surface area (Å²) in [7, 11) is 0. The zero-order valence-electron chi connectivity index (χ0n) is 14.8. The molecule has 3 amide bonds. The van der Waals surface area contributed by atoms with Gasteiger partial charge in [0, 0.05) is 13.1 Å². The molecule has 0 spiro atoms. The number of carbonyl (C=O) groups is 4. The van der Waals surface area contributed by atoms with Gasteiger partial charge >= 0.3 is 5.97 Å². The van der Waals surface area contributed by atoms with Gasteiger partial charge in [0.1, 0.15) is 6.04 Å². The van der Waals surface area contributed by atoms with Crippen LogP contribution in [0, 0.1) is 0 Å². The fourth-order valence-electron chi connectivity index (χ4n) is 2.85. The van der Waals surface area contributed by atoms with Crippen LogP contribution in [0.4, 0.5) is 0 Å². The minimum absolute atomic E-state index is 0.00819. The number of ether oxygens (including phenoxy) is 1. The molecule has 1 aliphatic heterocycles. The number of hydrogen-bond donors (Lipinski definition) is 1. The number of imide groups is 1. The Balaban J connectivity index is 2.12. The Morgan fingerprint density at radius 2 is 1.73 bits per heavy atom. The minimum Gasteiger partial charge on any atom is -0.466 e. The van der Waals surface area contributed by atoms with E-state index in [1.807, 2.05) is 0 Å². The lowest BCUT2D eigenvalue weighted by atomic mass is 10.1. The van der Waals surface area contributed by atoms with Gasteiger partial charge in [0.2, 0.25) is 5.91 Å². The minimum atomic E-state index is -1.05. The van der Waals surface area contributed by atoms with Crippen LogP contribution in [0.5, 0.6) is 0 Å². The number of nitrogens with zero attached hydrogens (tertiary/aromatic N) is 2. The predicted molar refractivity (Wildman–Crippen MR) is 91.3 cm³/mol. The van der Waals surface area contributed by atoms with Crippen molar-refractivity contribution in [3.63, 3.8) is 0 Å². The maximum absolute atomic E-state index is 12.7. The van der Waals surface area contributed by atoms with E-state index in [0.717, 1.165) is 4.90 Å². The van der Waals surface area contributed by atoms with Crippen molar-refractivity contribution in [3.05, 3.63) is 35.4 Å². The van der Waals surface area contributed by atoms with E-state index in [2.05, 4.69) is 0 Å². The van der Waals surface area contributed by atoms with E-state index in [4.69, 9.17) is 4.74 Å². The molecule has 0 saturated heterocycles. The monoisotopic (exact) mass is 362 g/mol. The molecule has 0 radical (unpaired) electrons. The van der Waals surface area contributed by atoms with Gasteiger partial charge in [-0.15, -0.1) is 0 Å². The lowest BCUT2D eigenvalue weighted by molar-refractivity contribution is -0.144. The molecule has 1 atom stereocenters. The molecule has 0 saturated carbocycles. The molecule has 8 nitrogen and oxygen atoms in total. The van der Waals surface area contributed by atoms with Crippen LogP contribution in [-0.2, 0) is 14.3 Å². The number of benzene rings is 1. The second-order valence-electron chi connectivity index (χ2n) is 5.81. The zero-order valence-corrected chi connectivity index (χ0v) is 14.8. The fourth-order valence-corrected chi connectivity index (χ4v) is 2.85. The Morgan fingerprint density at radius 1 is 1.15 bits per heavy atom. The van der Waals surface area contributed by atoms with Crippen molar-refractivity contribution < 1.29 is 29.0 Å². The van der Waals surface area contributed by atoms with Crippen molar-refractivity contribution in [3.8, 4) is 0 Å². The lowest BCUT2D eigenvalue weighted by Gasteiger charge is -2.28. The van der Waals surface area contributed by atoms with Crippen LogP contribution in [0.25, 0.3) is 0 Å². The van der Waals surface area contributed by atoms with Crippen LogP contribution < -0.4 is 0 Å². The highest BCUT2D eigenvalue weighted by atomic mass is 16.5. The molecule has 0 fully saturated rings. The van der Waals surface area contributed by atoms with E-state index in [9.17, 15) is 24.3 Å². The van der Waals surface area contributed by atoms with Crippen LogP contribution in [0.1, 0.15) is 41.0 Å². The number of aliphatic hydroxyl groups is 1. The Hall–Kier alpha value is -2.74. The summed E-state index contributed by atoms with van der Waals surface area (Å²) >= 11 is 0. The number of aliphatic hydroxyl groups excluding tert-OH is 1. The highest BCUT2D eigenvalue weighted by molar-refractivity contribution is 6.22. The van der Waals surface area contributed by atoms with E-state index in [1.165, 1.54) is 11.8 Å². The Labute approximate surface area is 151 Å². The molecule has 26 heavy (non-hydrogen) atoms. The maximum Gasteiger partial charge on any atom is 0.307 e. The summed E-state index contributed by atoms with van der Waals surface area (Å²) in [5.74, 6) is -2.03. The average molecular weight is 362 g/mol. The highest BCUT2D eigenvalue weighted by Crippen LogP contribution is 2.25. The highest BCUT2D eigenvalue weighted by Gasteiger charge is 2.41. The molecule has 0 bridgehead atoms. The molecule has 1 unspecified atom stereocenters. The van der Waals surface area contributed by atoms with E-state index in [-0.39, 0.29) is 43.9 Å². The van der Waals surface area contributed by atoms with Crippen LogP contribution in [0.15, 0.2) is 24.3 Å². The van der Waals surface area contributed by atoms with Crippen molar-refractivity contribution in [2.75, 3.05) is 26.3 Å². The summed E-state index contributed by atoms with van der Waals surface area (Å²) in [4.78, 5) is 51.4. The zero-order chi connectivity index (χ0) is 19.3. The van der Waals surface area contributed by atoms with Crippen molar-refractivity contribution in [2.45, 2.75) is 26.3 Å². The van der Waals surface area contributed by atoms with Gasteiger partial charge < -0.3 is 14.7 Å². The molecule has 1 heterocycles. The van der Waals surface area contributed by atoms with Gasteiger partial charge in [0.25, 0.3) is 11.8 Å². The van der Waals surface area contributed by atoms with Crippen molar-refractivity contribution >= 4 is 23.7 Å². The molecule has 2 rings (SSSR count). The van der Waals surface area contributed by atoms with Crippen LogP contribution in [0.2, 0.25) is 0 Å². The van der Waals surface area contributed by atoms with Crippen LogP contribution >= 0.6 is 0 Å². The topological polar surface area (TPSA) is 104 Å². The average Bonchev–Trinajstić information content (AvgIpc) is 2.89. The Morgan fingerprint density at radius 3 is 2.23 bits per heavy atom. The maximum atomic E-state index is 12.7. The largest absolute Gasteiger partial charge is 0.466 e. The third kappa shape index (κ3) is 3.91. The molecule has 0 aromatic heterocycles. The molecule has 1 aromatic carbocycles. The first kappa shape index (κ1) is 19.6. The second kappa shape index (κ2) is 8.57. The molecular weight excluding hydrogens is 340 g/mol. The number of esters is 1. The molecule has 1 aliphatic rings. The number of rotatable bonds is 8. The normalized spacial score (nSPS) is 14.2. The molecule has 1 aromatic rings. The Bertz CT molecular complexity index is 682. The summed E-state index contributed by atoms with van der Waals surface area (Å²) in [5.41, 5.74) is 0.523. The summed E-state index contributed by atoms with van der Waals surface area (Å²) in [6.45, 7) is 3.09. The summed E-state index contributed by atoms with van der Waals surface area (Å²) in [5, 5.41) is 9.19. The van der Waals surface area contributed by atoms with Gasteiger partial charge in [-0.2, -0.15) is 0 Å². The van der Waals surface area contributed by atoms with Crippen molar-refractivity contribution in [2.24, 2.45) is 0 Å². The SMILES string of the molecule is CCOC(=O)CCN(CCO)C(=O)C(C)N1C(=O)c2ccccc2C1=O. The molecule has 140 valence electrons. The first-order chi connectivity index (χ1) is 12.4. The predicted octanol–water partition coefficient (Wildman–Crippen LogP) is 0.445. The van der Waals surface area contributed by atoms with Crippen molar-refractivity contribution in [1.29, 1.82) is 0 Å². The van der Waals surface area contributed by atoms with E-state index in [0.29, 0.717) is 0 Å². The smallest absolute Gasteiger partial charge is 0.307 e. The number of amides is 3. The fraction of sp³-hybridized carbons (Fsp3) is 0.444. The summed E-state index contributed by atoms with van der Waals surface area (Å²) < 4.78 is 4.83. The second-order valence-corrected chi connectivity index (χ2v) is 5.81. The Kier molecular flexibility index (Phi) is 6.46. The summed E-state index contributed by atoms with van der Waals surface area (Å²) in [6, 6.07) is 5.34. The van der Waals surface area contributed by atoms with Crippen molar-refractivity contribution in [1.82, 2.24) is 9.80 Å². The molecule has 1 N–H and O–H groups in total. The van der Waals surface area contributed by atoms with Gasteiger partial charge in [-0.05, 0) is 26.0 Å². The quantitative estimate of drug-likeness (QED) is 0.532. The first-order valence-electron chi connectivity index (χ1n) is 8.44. The van der Waals surface area contributed by atoms with Gasteiger partial charge in [-0.1, -0.05) is 12.1 Å². The number of hydrogen-bond acceptors (Lipinski definition) is 6. The van der Waals surface area contributed by atoms with Gasteiger partial charge in [0.05, 0.1) is 30.8 Å². The van der Waals surface area contributed by atoms with Gasteiger partial charge in [0.15, 0.2) is 0 Å². The molecular formula is C18H22N2O6. The van der Waals surface area contributed by atoms with E-state index < -0.39 is 29.7 Å². The van der Waals surface area contributed by atoms with Crippen LogP contribution in [-0.4, -0.2) is 70.9 Å². The number of carbonyl (C=O) groups excluding carboxylic acids is 4.